The summed E-state index contributed by atoms with van der Waals surface area (Å²) in [6.45, 7) is 0. The van der Waals surface area contributed by atoms with E-state index in [1.165, 1.54) is 184 Å². The summed E-state index contributed by atoms with van der Waals surface area (Å²) in [5, 5.41) is 0. The minimum Gasteiger partial charge on any atom is -0.0622 e. The van der Waals surface area contributed by atoms with E-state index in [2.05, 4.69) is 158 Å². The molecule has 0 spiro atoms. The van der Waals surface area contributed by atoms with Crippen molar-refractivity contribution in [2.45, 2.75) is 215 Å². The molecule has 15 aliphatic carbocycles. The van der Waals surface area contributed by atoms with Crippen LogP contribution in [0.2, 0.25) is 0 Å². The van der Waals surface area contributed by atoms with Gasteiger partial charge in [0.2, 0.25) is 0 Å². The number of rotatable bonds is 10. The van der Waals surface area contributed by atoms with Crippen LogP contribution in [0, 0.1) is 118 Å². The summed E-state index contributed by atoms with van der Waals surface area (Å²) in [6.07, 6.45) is 37.8. The molecule has 25 atom stereocenters. The monoisotopic (exact) mass is 1200 g/mol. The van der Waals surface area contributed by atoms with Gasteiger partial charge in [-0.15, -0.1) is 0 Å². The number of hydrogen-bond donors (Lipinski definition) is 0. The normalized spacial score (nSPS) is 42.7. The van der Waals surface area contributed by atoms with Gasteiger partial charge in [-0.25, -0.2) is 0 Å². The molecule has 0 aromatic heterocycles. The van der Waals surface area contributed by atoms with Gasteiger partial charge in [-0.3, -0.25) is 0 Å². The largest absolute Gasteiger partial charge is 0.166 e. The molecule has 88 heavy (non-hydrogen) atoms. The highest BCUT2D eigenvalue weighted by Crippen LogP contribution is 2.68. The van der Waals surface area contributed by atoms with Crippen LogP contribution in [0.25, 0.3) is 0 Å². The van der Waals surface area contributed by atoms with Crippen molar-refractivity contribution in [3.63, 3.8) is 0 Å². The van der Waals surface area contributed by atoms with Gasteiger partial charge in [0.1, 0.15) is 0 Å². The smallest absolute Gasteiger partial charge is 0.0622 e. The zero-order valence-electron chi connectivity index (χ0n) is 53.0. The van der Waals surface area contributed by atoms with Crippen LogP contribution in [-0.4, -0.2) is 0 Å². The van der Waals surface area contributed by atoms with Crippen LogP contribution in [0.3, 0.4) is 0 Å². The highest BCUT2D eigenvalue weighted by atomic mass is 32.2. The van der Waals surface area contributed by atoms with E-state index in [0.717, 1.165) is 148 Å². The lowest BCUT2D eigenvalue weighted by Crippen LogP contribution is -2.23. The Hall–Kier alpha value is -3.98. The van der Waals surface area contributed by atoms with Crippen LogP contribution in [-0.2, 0) is 22.7 Å². The molecule has 6 aromatic carbocycles. The van der Waals surface area contributed by atoms with Crippen molar-refractivity contribution >= 4 is 22.7 Å². The van der Waals surface area contributed by atoms with Crippen molar-refractivity contribution in [1.82, 2.24) is 0 Å². The van der Waals surface area contributed by atoms with E-state index in [9.17, 15) is 0 Å². The van der Waals surface area contributed by atoms with Crippen LogP contribution in [0.15, 0.2) is 182 Å². The molecule has 456 valence electrons. The highest BCUT2D eigenvalue weighted by molar-refractivity contribution is 7.97. The lowest BCUT2D eigenvalue weighted by molar-refractivity contribution is 0.232. The zero-order valence-corrected chi connectivity index (χ0v) is 54.7. The maximum atomic E-state index is 2.58. The van der Waals surface area contributed by atoms with Crippen LogP contribution in [0.5, 0.6) is 0 Å². The Morgan fingerprint density at radius 3 is 0.750 bits per heavy atom. The standard InChI is InChI=1S/C48H57S.C22H24S.C16H20/c1-4-37-31-22-43(46(25-31)40(37)7-1)28-10-16-34(17-11-28)49(35-18-12-29(13-19-35)44-23-32-26-47(44)41-8-2-5-38(32)41)36-20-14-30(15-21-36)45-24-33-27-48(45)42-9-3-6-39(33)42;1-2-5-17(6-3-1)23-18-11-9-15(10-12-18)21-13-16-14-22(21)20-8-4-7-19(16)20;1-2-5-11(6-3-1)15-9-12-10-16(15)14-8-4-7-13(12)14/h10-21,31-33,37-48H,1-9,22-27H2;1-3,5-6,9-12,16,19-22H,4,7-8,13-14H2;1-3,5-6,12-16H,4,7-10H2/q+1;;/p+1. The van der Waals surface area contributed by atoms with E-state index in [1.54, 1.807) is 40.7 Å². The summed E-state index contributed by atoms with van der Waals surface area (Å²) in [5.41, 5.74) is 8.20. The quantitative estimate of drug-likeness (QED) is 0.0947. The molecule has 21 rings (SSSR count). The molecule has 0 saturated heterocycles. The second kappa shape index (κ2) is 22.9. The lowest BCUT2D eigenvalue weighted by Gasteiger charge is -2.32. The van der Waals surface area contributed by atoms with Crippen molar-refractivity contribution in [3.8, 4) is 0 Å². The molecule has 10 bridgehead atoms. The third kappa shape index (κ3) is 9.50. The van der Waals surface area contributed by atoms with Crippen molar-refractivity contribution in [2.75, 3.05) is 0 Å². The minimum atomic E-state index is -0.0622. The number of thiol groups is 1. The second-order valence-corrected chi connectivity index (χ2v) is 36.5. The molecule has 15 fully saturated rings. The molecule has 25 unspecified atom stereocenters. The summed E-state index contributed by atoms with van der Waals surface area (Å²) < 4.78 is 0. The summed E-state index contributed by atoms with van der Waals surface area (Å²) in [5.74, 6) is 25.2. The summed E-state index contributed by atoms with van der Waals surface area (Å²) in [4.78, 5) is 7.37. The van der Waals surface area contributed by atoms with Crippen LogP contribution >= 0.6 is 0 Å². The molecule has 0 heterocycles. The molecule has 0 nitrogen and oxygen atoms in total. The minimum absolute atomic E-state index is 0.0622. The Kier molecular flexibility index (Phi) is 14.5. The Morgan fingerprint density at radius 2 is 0.455 bits per heavy atom. The van der Waals surface area contributed by atoms with E-state index in [0.29, 0.717) is 0 Å². The van der Waals surface area contributed by atoms with Crippen molar-refractivity contribution in [1.29, 1.82) is 0 Å². The molecule has 0 amide bonds. The van der Waals surface area contributed by atoms with Gasteiger partial charge >= 0.3 is 0 Å². The molecule has 15 saturated carbocycles. The number of benzene rings is 6. The molecule has 6 aromatic rings. The predicted molar refractivity (Wildman–Crippen MR) is 365 cm³/mol. The Labute approximate surface area is 537 Å². The molecule has 15 aliphatic rings. The third-order valence-electron chi connectivity index (χ3n) is 30.3. The van der Waals surface area contributed by atoms with Crippen LogP contribution in [0.1, 0.15) is 218 Å². The lowest BCUT2D eigenvalue weighted by atomic mass is 9.73. The average molecular weight is 1200 g/mol. The van der Waals surface area contributed by atoms with Crippen LogP contribution in [0.4, 0.5) is 0 Å². The fourth-order valence-corrected chi connectivity index (χ4v) is 30.3. The maximum absolute atomic E-state index is 2.58. The molecular formula is C86H102S2+2. The van der Waals surface area contributed by atoms with Gasteiger partial charge in [0.25, 0.3) is 0 Å². The first-order valence-corrected chi connectivity index (χ1v) is 39.6. The average Bonchev–Trinajstić information content (AvgIpc) is 3.31. The first kappa shape index (κ1) is 55.6. The first-order valence-electron chi connectivity index (χ1n) is 37.5. The van der Waals surface area contributed by atoms with E-state index >= 15 is 0 Å². The molecule has 0 aliphatic heterocycles. The van der Waals surface area contributed by atoms with E-state index in [-0.39, 0.29) is 10.9 Å². The Balaban J connectivity index is 0.000000118. The van der Waals surface area contributed by atoms with Gasteiger partial charge < -0.3 is 0 Å². The van der Waals surface area contributed by atoms with Gasteiger partial charge in [0.05, 0.1) is 10.9 Å². The molecule has 0 radical (unpaired) electrons. The van der Waals surface area contributed by atoms with Gasteiger partial charge in [0, 0.05) is 11.8 Å². The number of fused-ring (bicyclic) bond motifs is 25. The summed E-state index contributed by atoms with van der Waals surface area (Å²) in [7, 11) is -0.0622. The third-order valence-corrected chi connectivity index (χ3v) is 33.7. The predicted octanol–water partition coefficient (Wildman–Crippen LogP) is 22.1. The Morgan fingerprint density at radius 1 is 0.216 bits per heavy atom. The fraction of sp³-hybridized carbons (Fsp3) is 0.581. The number of hydrogen-bond acceptors (Lipinski definition) is 0. The first-order chi connectivity index (χ1) is 43.6. The topological polar surface area (TPSA) is 0 Å². The zero-order chi connectivity index (χ0) is 57.6. The van der Waals surface area contributed by atoms with Gasteiger partial charge in [-0.1, -0.05) is 129 Å². The van der Waals surface area contributed by atoms with Gasteiger partial charge in [-0.2, -0.15) is 0 Å². The SMILES string of the molecule is c1cc([S+](c2ccc(C3CC4CC3C3CCCC43)cc2)c2ccc(C3CC4CC3C3CCCC43)cc2)ccc1C1CC2CC1C1CCCC21.c1ccc(C2CC3CC2C2CCCC32)cc1.c1ccc([SH+]c2ccc(C3CC4CC3C3CCCC43)cc2)cc1. The van der Waals surface area contributed by atoms with Gasteiger partial charge in [0.15, 0.2) is 24.5 Å². The van der Waals surface area contributed by atoms with E-state index in [1.807, 2.05) is 0 Å². The van der Waals surface area contributed by atoms with Crippen molar-refractivity contribution < 1.29 is 0 Å². The second-order valence-electron chi connectivity index (χ2n) is 33.3. The van der Waals surface area contributed by atoms with Crippen molar-refractivity contribution in [3.05, 3.63) is 186 Å². The highest BCUT2D eigenvalue weighted by Gasteiger charge is 2.58. The Bertz CT molecular complexity index is 3200. The van der Waals surface area contributed by atoms with E-state index in [4.69, 9.17) is 0 Å². The summed E-state index contributed by atoms with van der Waals surface area (Å²) >= 11 is 1.33. The molecular weight excluding hydrogens is 1100 g/mol. The van der Waals surface area contributed by atoms with E-state index < -0.39 is 0 Å². The summed E-state index contributed by atoms with van der Waals surface area (Å²) in [6, 6.07) is 62.5. The van der Waals surface area contributed by atoms with Crippen LogP contribution < -0.4 is 0 Å². The van der Waals surface area contributed by atoms with Gasteiger partial charge in [-0.05, 0) is 365 Å². The fourth-order valence-electron chi connectivity index (χ4n) is 27.4. The molecule has 2 heteroatoms. The molecule has 0 N–H and O–H groups in total. The van der Waals surface area contributed by atoms with Crippen molar-refractivity contribution in [2.24, 2.45) is 118 Å². The maximum Gasteiger partial charge on any atom is 0.166 e.